The molecule has 0 bridgehead atoms. The molecule has 0 unspecified atom stereocenters. The lowest BCUT2D eigenvalue weighted by molar-refractivity contribution is 0.0669. The van der Waals surface area contributed by atoms with Crippen molar-refractivity contribution in [2.75, 3.05) is 20.3 Å². The Labute approximate surface area is 144 Å². The smallest absolute Gasteiger partial charge is 0.255 e. The number of ether oxygens (including phenoxy) is 1. The zero-order valence-electron chi connectivity index (χ0n) is 13.5. The standard InChI is InChI=1S/C18H19N3O2S/c1-23-10-13-7-20(9-14-6-19-12-21(14)8-13)18(22)16-11-24-17-5-3-2-4-15(16)17/h2-6,11-13H,7-10H2,1H3/t13-/m0/s1. The van der Waals surface area contributed by atoms with Crippen LogP contribution in [0.5, 0.6) is 0 Å². The molecule has 1 aromatic carbocycles. The summed E-state index contributed by atoms with van der Waals surface area (Å²) in [5.41, 5.74) is 1.86. The van der Waals surface area contributed by atoms with Gasteiger partial charge in [0.2, 0.25) is 0 Å². The van der Waals surface area contributed by atoms with Crippen molar-refractivity contribution in [1.29, 1.82) is 0 Å². The van der Waals surface area contributed by atoms with Crippen molar-refractivity contribution in [3.05, 3.63) is 53.4 Å². The van der Waals surface area contributed by atoms with E-state index in [1.165, 1.54) is 0 Å². The lowest BCUT2D eigenvalue weighted by atomic mass is 10.1. The van der Waals surface area contributed by atoms with Crippen LogP contribution in [0.25, 0.3) is 10.1 Å². The van der Waals surface area contributed by atoms with Crippen LogP contribution in [-0.4, -0.2) is 40.6 Å². The summed E-state index contributed by atoms with van der Waals surface area (Å²) in [5.74, 6) is 0.350. The number of nitrogens with zero attached hydrogens (tertiary/aromatic N) is 3. The highest BCUT2D eigenvalue weighted by Gasteiger charge is 2.27. The van der Waals surface area contributed by atoms with E-state index in [1.54, 1.807) is 18.4 Å². The van der Waals surface area contributed by atoms with Crippen LogP contribution >= 0.6 is 11.3 Å². The second kappa shape index (κ2) is 6.37. The van der Waals surface area contributed by atoms with E-state index in [4.69, 9.17) is 4.74 Å². The average Bonchev–Trinajstić information content (AvgIpc) is 3.17. The number of fused-ring (bicyclic) bond motifs is 2. The number of imidazole rings is 1. The second-order valence-corrected chi connectivity index (χ2v) is 7.10. The van der Waals surface area contributed by atoms with E-state index < -0.39 is 0 Å². The summed E-state index contributed by atoms with van der Waals surface area (Å²) in [6.07, 6.45) is 3.69. The van der Waals surface area contributed by atoms with Crippen molar-refractivity contribution in [3.63, 3.8) is 0 Å². The molecule has 1 aliphatic heterocycles. The highest BCUT2D eigenvalue weighted by molar-refractivity contribution is 7.17. The summed E-state index contributed by atoms with van der Waals surface area (Å²) in [7, 11) is 1.71. The van der Waals surface area contributed by atoms with Crippen molar-refractivity contribution in [2.24, 2.45) is 5.92 Å². The first-order chi connectivity index (χ1) is 11.8. The number of carbonyl (C=O) groups is 1. The summed E-state index contributed by atoms with van der Waals surface area (Å²) < 4.78 is 8.62. The molecule has 6 heteroatoms. The molecule has 0 aliphatic carbocycles. The van der Waals surface area contributed by atoms with Gasteiger partial charge in [-0.25, -0.2) is 4.98 Å². The van der Waals surface area contributed by atoms with Crippen molar-refractivity contribution >= 4 is 27.3 Å². The Morgan fingerprint density at radius 3 is 3.12 bits per heavy atom. The van der Waals surface area contributed by atoms with Gasteiger partial charge < -0.3 is 14.2 Å². The van der Waals surface area contributed by atoms with Gasteiger partial charge in [0.1, 0.15) is 0 Å². The lowest BCUT2D eigenvalue weighted by Gasteiger charge is -2.23. The summed E-state index contributed by atoms with van der Waals surface area (Å²) in [4.78, 5) is 19.3. The number of thiophene rings is 1. The largest absolute Gasteiger partial charge is 0.384 e. The minimum absolute atomic E-state index is 0.0863. The van der Waals surface area contributed by atoms with Crippen LogP contribution in [0.4, 0.5) is 0 Å². The normalized spacial score (nSPS) is 17.7. The average molecular weight is 341 g/mol. The molecule has 124 valence electrons. The van der Waals surface area contributed by atoms with E-state index in [-0.39, 0.29) is 11.8 Å². The van der Waals surface area contributed by atoms with E-state index in [0.29, 0.717) is 19.7 Å². The Morgan fingerprint density at radius 1 is 1.38 bits per heavy atom. The summed E-state index contributed by atoms with van der Waals surface area (Å²) in [5, 5.41) is 3.01. The number of rotatable bonds is 3. The molecule has 0 radical (unpaired) electrons. The number of hydrogen-bond donors (Lipinski definition) is 0. The highest BCUT2D eigenvalue weighted by Crippen LogP contribution is 2.28. The van der Waals surface area contributed by atoms with Gasteiger partial charge in [0, 0.05) is 47.8 Å². The third-order valence-corrected chi connectivity index (χ3v) is 5.45. The van der Waals surface area contributed by atoms with Crippen LogP contribution in [0.15, 0.2) is 42.2 Å². The number of methoxy groups -OCH3 is 1. The molecule has 1 aliphatic rings. The number of hydrogen-bond acceptors (Lipinski definition) is 4. The topological polar surface area (TPSA) is 47.4 Å². The van der Waals surface area contributed by atoms with E-state index >= 15 is 0 Å². The molecular formula is C18H19N3O2S. The molecule has 1 amide bonds. The number of aromatic nitrogens is 2. The molecule has 1 atom stereocenters. The quantitative estimate of drug-likeness (QED) is 0.736. The van der Waals surface area contributed by atoms with E-state index in [2.05, 4.69) is 15.6 Å². The van der Waals surface area contributed by atoms with Gasteiger partial charge >= 0.3 is 0 Å². The van der Waals surface area contributed by atoms with Gasteiger partial charge in [-0.05, 0) is 6.07 Å². The molecule has 0 N–H and O–H groups in total. The molecule has 4 rings (SSSR count). The third kappa shape index (κ3) is 2.72. The van der Waals surface area contributed by atoms with Crippen molar-refractivity contribution in [2.45, 2.75) is 13.1 Å². The first-order valence-corrected chi connectivity index (χ1v) is 8.87. The van der Waals surface area contributed by atoms with E-state index in [0.717, 1.165) is 27.9 Å². The Morgan fingerprint density at radius 2 is 2.25 bits per heavy atom. The monoisotopic (exact) mass is 341 g/mol. The Hall–Kier alpha value is -2.18. The first kappa shape index (κ1) is 15.4. The fraction of sp³-hybridized carbons (Fsp3) is 0.333. The van der Waals surface area contributed by atoms with Gasteiger partial charge in [-0.2, -0.15) is 0 Å². The minimum Gasteiger partial charge on any atom is -0.384 e. The van der Waals surface area contributed by atoms with Gasteiger partial charge in [0.05, 0.1) is 30.7 Å². The SMILES string of the molecule is COC[C@H]1CN(C(=O)c2csc3ccccc23)Cc2cncn2C1. The molecule has 24 heavy (non-hydrogen) atoms. The van der Waals surface area contributed by atoms with Gasteiger partial charge in [0.25, 0.3) is 5.91 Å². The van der Waals surface area contributed by atoms with Crippen molar-refractivity contribution in [3.8, 4) is 0 Å². The Balaban J connectivity index is 1.67. The molecule has 3 heterocycles. The van der Waals surface area contributed by atoms with E-state index in [1.807, 2.05) is 41.0 Å². The fourth-order valence-electron chi connectivity index (χ4n) is 3.36. The summed E-state index contributed by atoms with van der Waals surface area (Å²) in [6.45, 7) is 2.74. The molecule has 0 saturated heterocycles. The summed E-state index contributed by atoms with van der Waals surface area (Å²) >= 11 is 1.62. The van der Waals surface area contributed by atoms with Crippen LogP contribution in [-0.2, 0) is 17.8 Å². The second-order valence-electron chi connectivity index (χ2n) is 6.19. The van der Waals surface area contributed by atoms with Crippen LogP contribution in [0.2, 0.25) is 0 Å². The molecule has 0 spiro atoms. The zero-order valence-corrected chi connectivity index (χ0v) is 14.3. The fourth-order valence-corrected chi connectivity index (χ4v) is 4.30. The Bertz CT molecular complexity index is 870. The minimum atomic E-state index is 0.0863. The number of amides is 1. The summed E-state index contributed by atoms with van der Waals surface area (Å²) in [6, 6.07) is 8.07. The molecule has 0 saturated carbocycles. The molecule has 2 aromatic heterocycles. The van der Waals surface area contributed by atoms with Gasteiger partial charge in [-0.1, -0.05) is 18.2 Å². The molecular weight excluding hydrogens is 322 g/mol. The Kier molecular flexibility index (Phi) is 4.08. The molecule has 0 fully saturated rings. The number of benzene rings is 1. The van der Waals surface area contributed by atoms with Gasteiger partial charge in [-0.15, -0.1) is 11.3 Å². The maximum Gasteiger partial charge on any atom is 0.255 e. The van der Waals surface area contributed by atoms with Crippen LogP contribution in [0.3, 0.4) is 0 Å². The predicted molar refractivity (Wildman–Crippen MR) is 94.2 cm³/mol. The maximum atomic E-state index is 13.2. The zero-order chi connectivity index (χ0) is 16.5. The first-order valence-electron chi connectivity index (χ1n) is 7.99. The van der Waals surface area contributed by atoms with Crippen LogP contribution in [0, 0.1) is 5.92 Å². The molecule has 3 aromatic rings. The molecule has 5 nitrogen and oxygen atoms in total. The van der Waals surface area contributed by atoms with Crippen LogP contribution < -0.4 is 0 Å². The van der Waals surface area contributed by atoms with E-state index in [9.17, 15) is 4.79 Å². The lowest BCUT2D eigenvalue weighted by Crippen LogP contribution is -2.35. The van der Waals surface area contributed by atoms with Gasteiger partial charge in [0.15, 0.2) is 0 Å². The van der Waals surface area contributed by atoms with Crippen molar-refractivity contribution in [1.82, 2.24) is 14.5 Å². The third-order valence-electron chi connectivity index (χ3n) is 4.49. The highest BCUT2D eigenvalue weighted by atomic mass is 32.1. The van der Waals surface area contributed by atoms with Crippen molar-refractivity contribution < 1.29 is 9.53 Å². The predicted octanol–water partition coefficient (Wildman–Crippen LogP) is 3.02. The van der Waals surface area contributed by atoms with Crippen LogP contribution in [0.1, 0.15) is 16.1 Å². The van der Waals surface area contributed by atoms with Gasteiger partial charge in [-0.3, -0.25) is 4.79 Å². The maximum absolute atomic E-state index is 13.2. The number of carbonyl (C=O) groups excluding carboxylic acids is 1.